The van der Waals surface area contributed by atoms with Gasteiger partial charge in [-0.25, -0.2) is 9.78 Å². The minimum Gasteiger partial charge on any atom is -0.465 e. The highest BCUT2D eigenvalue weighted by Crippen LogP contribution is 2.27. The van der Waals surface area contributed by atoms with Crippen molar-refractivity contribution < 1.29 is 9.90 Å². The Balaban J connectivity index is 0.000000555. The van der Waals surface area contributed by atoms with Crippen molar-refractivity contribution in [2.24, 2.45) is 0 Å². The maximum absolute atomic E-state index is 9.26. The van der Waals surface area contributed by atoms with Crippen molar-refractivity contribution >= 4 is 35.1 Å². The van der Waals surface area contributed by atoms with Gasteiger partial charge in [-0.3, -0.25) is 0 Å². The number of carboxylic acid groups (broad SMARTS) is 1. The van der Waals surface area contributed by atoms with Gasteiger partial charge in [0.25, 0.3) is 0 Å². The second-order valence-corrected chi connectivity index (χ2v) is 8.87. The molecule has 1 saturated carbocycles. The Morgan fingerprint density at radius 1 is 1.18 bits per heavy atom. The van der Waals surface area contributed by atoms with E-state index in [9.17, 15) is 4.79 Å². The third kappa shape index (κ3) is 7.75. The molecule has 1 aromatic heterocycles. The average molecular weight is 475 g/mol. The number of carbonyl (C=O) groups is 1. The van der Waals surface area contributed by atoms with Gasteiger partial charge in [-0.15, -0.1) is 0 Å². The van der Waals surface area contributed by atoms with Gasteiger partial charge in [0.2, 0.25) is 5.95 Å². The molecule has 9 heteroatoms. The quantitative estimate of drug-likeness (QED) is 0.487. The summed E-state index contributed by atoms with van der Waals surface area (Å²) in [5, 5.41) is 17.0. The van der Waals surface area contributed by atoms with E-state index in [1.807, 2.05) is 5.32 Å². The number of hydrogen-bond acceptors (Lipinski definition) is 6. The summed E-state index contributed by atoms with van der Waals surface area (Å²) in [6, 6.07) is 7.09. The Morgan fingerprint density at radius 3 is 2.55 bits per heavy atom. The lowest BCUT2D eigenvalue weighted by molar-refractivity contribution is 0.197. The molecule has 33 heavy (non-hydrogen) atoms. The van der Waals surface area contributed by atoms with Gasteiger partial charge in [0.1, 0.15) is 5.02 Å². The fourth-order valence-corrected chi connectivity index (χ4v) is 4.41. The van der Waals surface area contributed by atoms with Crippen molar-refractivity contribution in [1.29, 1.82) is 0 Å². The predicted molar refractivity (Wildman–Crippen MR) is 134 cm³/mol. The first-order valence-electron chi connectivity index (χ1n) is 11.8. The third-order valence-corrected chi connectivity index (χ3v) is 6.48. The van der Waals surface area contributed by atoms with Gasteiger partial charge in [-0.05, 0) is 55.5 Å². The summed E-state index contributed by atoms with van der Waals surface area (Å²) in [7, 11) is 1.35. The largest absolute Gasteiger partial charge is 0.465 e. The number of nitrogens with one attached hydrogen (secondary N) is 3. The Hall–Kier alpha value is -2.58. The molecule has 180 valence electrons. The molecule has 0 atom stereocenters. The number of benzene rings is 1. The maximum atomic E-state index is 9.26. The van der Waals surface area contributed by atoms with Crippen LogP contribution in [-0.4, -0.2) is 58.8 Å². The fourth-order valence-electron chi connectivity index (χ4n) is 4.26. The first-order chi connectivity index (χ1) is 16.0. The van der Waals surface area contributed by atoms with E-state index in [4.69, 9.17) is 16.7 Å². The normalized spacial score (nSPS) is 16.6. The molecule has 1 aromatic carbocycles. The fraction of sp³-hybridized carbons (Fsp3) is 0.542. The number of aromatic nitrogens is 2. The molecule has 1 fully saturated rings. The summed E-state index contributed by atoms with van der Waals surface area (Å²) in [5.74, 6) is 1.32. The molecule has 0 bridgehead atoms. The summed E-state index contributed by atoms with van der Waals surface area (Å²) >= 11 is 6.34. The first-order valence-corrected chi connectivity index (χ1v) is 12.2. The van der Waals surface area contributed by atoms with Gasteiger partial charge in [0, 0.05) is 31.9 Å². The third-order valence-electron chi connectivity index (χ3n) is 6.21. The van der Waals surface area contributed by atoms with E-state index < -0.39 is 6.09 Å². The number of halogens is 1. The molecule has 0 spiro atoms. The summed E-state index contributed by atoms with van der Waals surface area (Å²) in [6.45, 7) is 5.63. The lowest BCUT2D eigenvalue weighted by Crippen LogP contribution is -2.25. The van der Waals surface area contributed by atoms with Gasteiger partial charge < -0.3 is 26.0 Å². The van der Waals surface area contributed by atoms with E-state index in [1.165, 1.54) is 50.3 Å². The number of hydrogen-bond donors (Lipinski definition) is 4. The SMILES string of the molecule is CCN1CCc2ccc(Nc3ncc(Cl)c(NC4CCCCC4)n3)cc2CC1.CNC(=O)O. The Bertz CT molecular complexity index is 920. The zero-order chi connectivity index (χ0) is 23.6. The second kappa shape index (κ2) is 12.6. The number of likely N-dealkylation sites (N-methyl/N-ethyl adjacent to an activating group) is 1. The lowest BCUT2D eigenvalue weighted by Gasteiger charge is -2.23. The molecule has 2 aromatic rings. The molecule has 2 heterocycles. The number of anilines is 3. The van der Waals surface area contributed by atoms with Crippen molar-refractivity contribution in [3.05, 3.63) is 40.5 Å². The van der Waals surface area contributed by atoms with Gasteiger partial charge in [0.15, 0.2) is 5.82 Å². The Labute approximate surface area is 201 Å². The summed E-state index contributed by atoms with van der Waals surface area (Å²) in [4.78, 5) is 20.8. The molecule has 0 unspecified atom stereocenters. The van der Waals surface area contributed by atoms with Crippen LogP contribution in [0.1, 0.15) is 50.2 Å². The van der Waals surface area contributed by atoms with Gasteiger partial charge in [-0.1, -0.05) is 43.9 Å². The van der Waals surface area contributed by atoms with Crippen molar-refractivity contribution in [3.63, 3.8) is 0 Å². The minimum absolute atomic E-state index is 0.461. The van der Waals surface area contributed by atoms with Crippen LogP contribution in [0.2, 0.25) is 5.02 Å². The molecule has 1 amide bonds. The van der Waals surface area contributed by atoms with E-state index in [0.717, 1.165) is 44.0 Å². The first kappa shape index (κ1) is 25.1. The van der Waals surface area contributed by atoms with E-state index in [2.05, 4.69) is 50.6 Å². The number of fused-ring (bicyclic) bond motifs is 1. The molecule has 1 aliphatic carbocycles. The van der Waals surface area contributed by atoms with E-state index >= 15 is 0 Å². The Kier molecular flexibility index (Phi) is 9.57. The average Bonchev–Trinajstić information content (AvgIpc) is 3.04. The smallest absolute Gasteiger partial charge is 0.404 e. The molecule has 2 aliphatic rings. The highest BCUT2D eigenvalue weighted by atomic mass is 35.5. The highest BCUT2D eigenvalue weighted by molar-refractivity contribution is 6.32. The van der Waals surface area contributed by atoms with Crippen LogP contribution >= 0.6 is 11.6 Å². The van der Waals surface area contributed by atoms with Crippen LogP contribution in [0.5, 0.6) is 0 Å². The zero-order valence-corrected chi connectivity index (χ0v) is 20.3. The van der Waals surface area contributed by atoms with E-state index in [-0.39, 0.29) is 0 Å². The van der Waals surface area contributed by atoms with Crippen LogP contribution in [-0.2, 0) is 12.8 Å². The van der Waals surface area contributed by atoms with E-state index in [1.54, 1.807) is 6.20 Å². The molecule has 8 nitrogen and oxygen atoms in total. The standard InChI is InChI=1S/C22H30ClN5.C2H5NO2/c1-2-28-12-10-16-8-9-19(14-17(16)11-13-28)26-22-24-15-20(23)21(27-22)25-18-6-4-3-5-7-18;1-3-2(4)5/h8-9,14-15,18H,2-7,10-13H2,1H3,(H2,24,25,26,27);3H,1H3,(H,4,5). The molecular weight excluding hydrogens is 440 g/mol. The van der Waals surface area contributed by atoms with Gasteiger partial charge in [-0.2, -0.15) is 4.98 Å². The van der Waals surface area contributed by atoms with Crippen LogP contribution in [0.3, 0.4) is 0 Å². The zero-order valence-electron chi connectivity index (χ0n) is 19.5. The van der Waals surface area contributed by atoms with Crippen LogP contribution in [0.15, 0.2) is 24.4 Å². The molecule has 0 saturated heterocycles. The van der Waals surface area contributed by atoms with Crippen molar-refractivity contribution in [2.75, 3.05) is 37.3 Å². The van der Waals surface area contributed by atoms with Crippen molar-refractivity contribution in [1.82, 2.24) is 20.2 Å². The van der Waals surface area contributed by atoms with Crippen molar-refractivity contribution in [3.8, 4) is 0 Å². The highest BCUT2D eigenvalue weighted by Gasteiger charge is 2.16. The molecule has 0 radical (unpaired) electrons. The number of amides is 1. The van der Waals surface area contributed by atoms with Gasteiger partial charge in [0.05, 0.1) is 6.20 Å². The lowest BCUT2D eigenvalue weighted by atomic mass is 9.95. The van der Waals surface area contributed by atoms with Crippen LogP contribution < -0.4 is 16.0 Å². The van der Waals surface area contributed by atoms with Crippen LogP contribution in [0, 0.1) is 0 Å². The van der Waals surface area contributed by atoms with Gasteiger partial charge >= 0.3 is 6.09 Å². The summed E-state index contributed by atoms with van der Waals surface area (Å²) in [6.07, 6.45) is 9.15. The number of rotatable bonds is 5. The topological polar surface area (TPSA) is 102 Å². The minimum atomic E-state index is -0.995. The van der Waals surface area contributed by atoms with Crippen LogP contribution in [0.25, 0.3) is 0 Å². The molecule has 4 rings (SSSR count). The van der Waals surface area contributed by atoms with E-state index in [0.29, 0.717) is 17.0 Å². The maximum Gasteiger partial charge on any atom is 0.404 e. The second-order valence-electron chi connectivity index (χ2n) is 8.47. The molecule has 1 aliphatic heterocycles. The van der Waals surface area contributed by atoms with Crippen molar-refractivity contribution in [2.45, 2.75) is 57.9 Å². The summed E-state index contributed by atoms with van der Waals surface area (Å²) < 4.78 is 0. The summed E-state index contributed by atoms with van der Waals surface area (Å²) in [5.41, 5.74) is 3.92. The monoisotopic (exact) mass is 474 g/mol. The number of nitrogens with zero attached hydrogens (tertiary/aromatic N) is 3. The molecule has 4 N–H and O–H groups in total. The predicted octanol–water partition coefficient (Wildman–Crippen LogP) is 4.92. The van der Waals surface area contributed by atoms with Crippen LogP contribution in [0.4, 0.5) is 22.2 Å². The Morgan fingerprint density at radius 2 is 1.88 bits per heavy atom. The molecular formula is C24H35ClN6O2.